The third-order valence-corrected chi connectivity index (χ3v) is 2.22. The second kappa shape index (κ2) is 3.00. The molecule has 0 aliphatic heterocycles. The van der Waals surface area contributed by atoms with Gasteiger partial charge >= 0.3 is 0 Å². The minimum atomic E-state index is -1.28. The van der Waals surface area contributed by atoms with Crippen LogP contribution < -0.4 is 5.73 Å². The van der Waals surface area contributed by atoms with Crippen molar-refractivity contribution in [3.8, 4) is 0 Å². The molecule has 0 saturated carbocycles. The lowest BCUT2D eigenvalue weighted by atomic mass is 10.3. The molecule has 60 valence electrons. The van der Waals surface area contributed by atoms with Crippen molar-refractivity contribution < 1.29 is 8.60 Å². The Morgan fingerprint density at radius 2 is 2.18 bits per heavy atom. The van der Waals surface area contributed by atoms with Gasteiger partial charge in [0.25, 0.3) is 0 Å². The van der Waals surface area contributed by atoms with Gasteiger partial charge in [-0.1, -0.05) is 0 Å². The van der Waals surface area contributed by atoms with Gasteiger partial charge in [-0.2, -0.15) is 0 Å². The van der Waals surface area contributed by atoms with E-state index in [0.29, 0.717) is 5.69 Å². The molecule has 11 heavy (non-hydrogen) atoms. The highest BCUT2D eigenvalue weighted by molar-refractivity contribution is 7.84. The standard InChI is InChI=1S/C7H8FNOS/c1-11(10)7-3-2-5(9)4-6(7)8/h2-4H,9H2,1H3/t11-/m1/s1. The van der Waals surface area contributed by atoms with Gasteiger partial charge in [-0.25, -0.2) is 4.39 Å². The Morgan fingerprint density at radius 3 is 2.64 bits per heavy atom. The molecular formula is C7H8FNOS. The van der Waals surface area contributed by atoms with E-state index >= 15 is 0 Å². The van der Waals surface area contributed by atoms with Crippen molar-refractivity contribution in [2.75, 3.05) is 12.0 Å². The minimum absolute atomic E-state index is 0.194. The van der Waals surface area contributed by atoms with Crippen molar-refractivity contribution in [3.63, 3.8) is 0 Å². The molecule has 2 nitrogen and oxygen atoms in total. The van der Waals surface area contributed by atoms with Gasteiger partial charge in [0.05, 0.1) is 15.7 Å². The third-order valence-electron chi connectivity index (χ3n) is 1.27. The molecule has 0 radical (unpaired) electrons. The first-order valence-corrected chi connectivity index (χ1v) is 4.55. The number of hydrogen-bond donors (Lipinski definition) is 1. The fourth-order valence-corrected chi connectivity index (χ4v) is 1.34. The van der Waals surface area contributed by atoms with Gasteiger partial charge in [0, 0.05) is 11.9 Å². The fourth-order valence-electron chi connectivity index (χ4n) is 0.750. The van der Waals surface area contributed by atoms with Crippen LogP contribution in [0.2, 0.25) is 0 Å². The van der Waals surface area contributed by atoms with Crippen molar-refractivity contribution in [1.82, 2.24) is 0 Å². The molecule has 0 heterocycles. The normalized spacial score (nSPS) is 12.9. The molecular weight excluding hydrogens is 165 g/mol. The van der Waals surface area contributed by atoms with Gasteiger partial charge < -0.3 is 5.73 Å². The zero-order valence-electron chi connectivity index (χ0n) is 6.00. The van der Waals surface area contributed by atoms with Crippen LogP contribution in [-0.4, -0.2) is 10.5 Å². The van der Waals surface area contributed by atoms with E-state index in [1.807, 2.05) is 0 Å². The molecule has 2 N–H and O–H groups in total. The van der Waals surface area contributed by atoms with Crippen LogP contribution in [0.3, 0.4) is 0 Å². The quantitative estimate of drug-likeness (QED) is 0.647. The molecule has 1 aromatic rings. The van der Waals surface area contributed by atoms with E-state index in [1.54, 1.807) is 0 Å². The third kappa shape index (κ3) is 1.77. The number of benzene rings is 1. The van der Waals surface area contributed by atoms with Crippen molar-refractivity contribution in [2.24, 2.45) is 0 Å². The molecule has 0 bridgehead atoms. The van der Waals surface area contributed by atoms with Gasteiger partial charge in [0.1, 0.15) is 5.82 Å². The molecule has 1 atom stereocenters. The number of hydrogen-bond acceptors (Lipinski definition) is 2. The van der Waals surface area contributed by atoms with E-state index in [9.17, 15) is 8.60 Å². The fraction of sp³-hybridized carbons (Fsp3) is 0.143. The van der Waals surface area contributed by atoms with E-state index < -0.39 is 16.6 Å². The summed E-state index contributed by atoms with van der Waals surface area (Å²) in [6, 6.07) is 4.12. The maximum Gasteiger partial charge on any atom is 0.141 e. The molecule has 0 aliphatic rings. The molecule has 0 unspecified atom stereocenters. The number of nitrogen functional groups attached to an aromatic ring is 1. The summed E-state index contributed by atoms with van der Waals surface area (Å²) in [6.07, 6.45) is 1.43. The molecule has 0 spiro atoms. The van der Waals surface area contributed by atoms with E-state index in [4.69, 9.17) is 5.73 Å². The lowest BCUT2D eigenvalue weighted by Crippen LogP contribution is -1.94. The summed E-state index contributed by atoms with van der Waals surface area (Å²) in [7, 11) is -1.28. The van der Waals surface area contributed by atoms with Gasteiger partial charge in [0.15, 0.2) is 0 Å². The minimum Gasteiger partial charge on any atom is -0.399 e. The average molecular weight is 173 g/mol. The van der Waals surface area contributed by atoms with Crippen molar-refractivity contribution in [3.05, 3.63) is 24.0 Å². The Labute approximate surface area is 66.7 Å². The molecule has 0 amide bonds. The lowest BCUT2D eigenvalue weighted by molar-refractivity contribution is 0.597. The van der Waals surface area contributed by atoms with Crippen LogP contribution in [-0.2, 0) is 10.8 Å². The molecule has 1 aromatic carbocycles. The van der Waals surface area contributed by atoms with Gasteiger partial charge in [-0.15, -0.1) is 0 Å². The summed E-state index contributed by atoms with van der Waals surface area (Å²) in [5.41, 5.74) is 5.63. The predicted molar refractivity (Wildman–Crippen MR) is 43.1 cm³/mol. The number of nitrogens with two attached hydrogens (primary N) is 1. The van der Waals surface area contributed by atoms with Crippen LogP contribution in [0.5, 0.6) is 0 Å². The van der Waals surface area contributed by atoms with Gasteiger partial charge in [-0.05, 0) is 18.2 Å². The topological polar surface area (TPSA) is 43.1 Å². The molecule has 0 aliphatic carbocycles. The van der Waals surface area contributed by atoms with Crippen LogP contribution in [0, 0.1) is 5.82 Å². The molecule has 1 rings (SSSR count). The van der Waals surface area contributed by atoms with Crippen LogP contribution in [0.25, 0.3) is 0 Å². The monoisotopic (exact) mass is 173 g/mol. The summed E-state index contributed by atoms with van der Waals surface area (Å²) in [5.74, 6) is -0.508. The van der Waals surface area contributed by atoms with Crippen LogP contribution >= 0.6 is 0 Å². The maximum atomic E-state index is 12.8. The zero-order valence-corrected chi connectivity index (χ0v) is 6.82. The summed E-state index contributed by atoms with van der Waals surface area (Å²) in [6.45, 7) is 0. The molecule has 4 heteroatoms. The first kappa shape index (κ1) is 8.20. The Morgan fingerprint density at radius 1 is 1.55 bits per heavy atom. The smallest absolute Gasteiger partial charge is 0.141 e. The molecule has 0 aromatic heterocycles. The molecule has 0 saturated heterocycles. The number of anilines is 1. The van der Waals surface area contributed by atoms with Crippen LogP contribution in [0.1, 0.15) is 0 Å². The summed E-state index contributed by atoms with van der Waals surface area (Å²) in [4.78, 5) is 0.194. The number of halogens is 1. The molecule has 0 fully saturated rings. The average Bonchev–Trinajstić information content (AvgIpc) is 1.85. The second-order valence-electron chi connectivity index (χ2n) is 2.14. The van der Waals surface area contributed by atoms with Crippen molar-refractivity contribution in [1.29, 1.82) is 0 Å². The Kier molecular flexibility index (Phi) is 2.24. The Hall–Kier alpha value is -0.900. The summed E-state index contributed by atoms with van der Waals surface area (Å²) < 4.78 is 23.6. The van der Waals surface area contributed by atoms with E-state index in [2.05, 4.69) is 0 Å². The SMILES string of the molecule is C[S@@](=O)c1ccc(N)cc1F. The Bertz CT molecular complexity index is 300. The van der Waals surface area contributed by atoms with Crippen molar-refractivity contribution >= 4 is 16.5 Å². The summed E-state index contributed by atoms with van der Waals surface area (Å²) >= 11 is 0. The summed E-state index contributed by atoms with van der Waals surface area (Å²) in [5, 5.41) is 0. The van der Waals surface area contributed by atoms with Gasteiger partial charge in [0.2, 0.25) is 0 Å². The van der Waals surface area contributed by atoms with Gasteiger partial charge in [-0.3, -0.25) is 4.21 Å². The first-order valence-electron chi connectivity index (χ1n) is 2.99. The van der Waals surface area contributed by atoms with E-state index in [-0.39, 0.29) is 4.90 Å². The van der Waals surface area contributed by atoms with Crippen LogP contribution in [0.15, 0.2) is 23.1 Å². The highest BCUT2D eigenvalue weighted by Gasteiger charge is 2.04. The second-order valence-corrected chi connectivity index (χ2v) is 3.49. The number of rotatable bonds is 1. The van der Waals surface area contributed by atoms with Crippen molar-refractivity contribution in [2.45, 2.75) is 4.90 Å². The highest BCUT2D eigenvalue weighted by Crippen LogP contribution is 2.14. The zero-order chi connectivity index (χ0) is 8.43. The highest BCUT2D eigenvalue weighted by atomic mass is 32.2. The maximum absolute atomic E-state index is 12.8. The Balaban J connectivity index is 3.20. The van der Waals surface area contributed by atoms with E-state index in [0.717, 1.165) is 6.07 Å². The van der Waals surface area contributed by atoms with Crippen LogP contribution in [0.4, 0.5) is 10.1 Å². The largest absolute Gasteiger partial charge is 0.399 e. The predicted octanol–water partition coefficient (Wildman–Crippen LogP) is 1.15. The lowest BCUT2D eigenvalue weighted by Gasteiger charge is -1.98. The van der Waals surface area contributed by atoms with E-state index in [1.165, 1.54) is 18.4 Å². The first-order chi connectivity index (χ1) is 5.11.